The summed E-state index contributed by atoms with van der Waals surface area (Å²) in [5, 5.41) is 2.99. The van der Waals surface area contributed by atoms with Gasteiger partial charge in [0, 0.05) is 44.5 Å². The summed E-state index contributed by atoms with van der Waals surface area (Å²) in [6.07, 6.45) is 5.86. The first-order chi connectivity index (χ1) is 10.7. The molecule has 0 aliphatic carbocycles. The van der Waals surface area contributed by atoms with E-state index in [4.69, 9.17) is 9.47 Å². The van der Waals surface area contributed by atoms with Crippen LogP contribution in [0.1, 0.15) is 19.8 Å². The Morgan fingerprint density at radius 1 is 1.23 bits per heavy atom. The lowest BCUT2D eigenvalue weighted by Crippen LogP contribution is -2.49. The molecule has 22 heavy (non-hydrogen) atoms. The Kier molecular flexibility index (Phi) is 4.69. The monoisotopic (exact) mass is 307 g/mol. The molecule has 3 heterocycles. The number of hydrogen-bond donors (Lipinski definition) is 1. The van der Waals surface area contributed by atoms with Gasteiger partial charge in [-0.25, -0.2) is 4.79 Å². The smallest absolute Gasteiger partial charge is 0.317 e. The van der Waals surface area contributed by atoms with Crippen molar-refractivity contribution >= 4 is 6.03 Å². The average molecular weight is 307 g/mol. The van der Waals surface area contributed by atoms with Gasteiger partial charge in [0.2, 0.25) is 0 Å². The minimum Gasteiger partial charge on any atom is -0.353 e. The van der Waals surface area contributed by atoms with Gasteiger partial charge in [0.05, 0.1) is 13.2 Å². The van der Waals surface area contributed by atoms with Crippen molar-refractivity contribution in [1.82, 2.24) is 14.8 Å². The van der Waals surface area contributed by atoms with Gasteiger partial charge in [-0.3, -0.25) is 0 Å². The standard InChI is InChI=1S/C16H25N3O3/c1-16(21-12-13-22-16)14-4-9-19(10-5-14)15(20)17-6-11-18-7-2-3-8-18/h2-3,7-8,14H,4-6,9-13H2,1H3,(H,17,20). The van der Waals surface area contributed by atoms with Crippen LogP contribution < -0.4 is 5.32 Å². The van der Waals surface area contributed by atoms with Crippen molar-refractivity contribution in [1.29, 1.82) is 0 Å². The van der Waals surface area contributed by atoms with Crippen LogP contribution in [0.25, 0.3) is 0 Å². The maximum Gasteiger partial charge on any atom is 0.317 e. The van der Waals surface area contributed by atoms with Gasteiger partial charge in [0.25, 0.3) is 0 Å². The molecule has 0 spiro atoms. The van der Waals surface area contributed by atoms with Crippen molar-refractivity contribution in [3.63, 3.8) is 0 Å². The van der Waals surface area contributed by atoms with Gasteiger partial charge in [-0.15, -0.1) is 0 Å². The number of ether oxygens (including phenoxy) is 2. The van der Waals surface area contributed by atoms with Gasteiger partial charge in [0.1, 0.15) is 0 Å². The van der Waals surface area contributed by atoms with E-state index in [2.05, 4.69) is 9.88 Å². The average Bonchev–Trinajstić information content (AvgIpc) is 3.20. The maximum absolute atomic E-state index is 12.2. The summed E-state index contributed by atoms with van der Waals surface area (Å²) in [6.45, 7) is 6.36. The van der Waals surface area contributed by atoms with E-state index in [1.807, 2.05) is 36.4 Å². The fraction of sp³-hybridized carbons (Fsp3) is 0.688. The molecule has 2 aliphatic rings. The van der Waals surface area contributed by atoms with Crippen molar-refractivity contribution in [3.8, 4) is 0 Å². The molecule has 0 radical (unpaired) electrons. The first kappa shape index (κ1) is 15.4. The van der Waals surface area contributed by atoms with Crippen LogP contribution in [-0.2, 0) is 16.0 Å². The summed E-state index contributed by atoms with van der Waals surface area (Å²) in [5.41, 5.74) is 0. The molecular weight excluding hydrogens is 282 g/mol. The number of piperidine rings is 1. The van der Waals surface area contributed by atoms with Crippen LogP contribution in [0.15, 0.2) is 24.5 Å². The topological polar surface area (TPSA) is 55.7 Å². The van der Waals surface area contributed by atoms with E-state index in [-0.39, 0.29) is 6.03 Å². The number of carbonyl (C=O) groups is 1. The lowest BCUT2D eigenvalue weighted by Gasteiger charge is -2.39. The lowest BCUT2D eigenvalue weighted by atomic mass is 9.89. The van der Waals surface area contributed by atoms with Gasteiger partial charge in [0.15, 0.2) is 5.79 Å². The number of likely N-dealkylation sites (tertiary alicyclic amines) is 1. The number of rotatable bonds is 4. The maximum atomic E-state index is 12.2. The molecule has 0 saturated carbocycles. The molecule has 2 aliphatic heterocycles. The van der Waals surface area contributed by atoms with Crippen molar-refractivity contribution in [2.24, 2.45) is 5.92 Å². The third kappa shape index (κ3) is 3.44. The number of carbonyl (C=O) groups excluding carboxylic acids is 1. The normalized spacial score (nSPS) is 22.0. The van der Waals surface area contributed by atoms with E-state index in [0.29, 0.717) is 25.7 Å². The summed E-state index contributed by atoms with van der Waals surface area (Å²) >= 11 is 0. The van der Waals surface area contributed by atoms with Crippen LogP contribution >= 0.6 is 0 Å². The summed E-state index contributed by atoms with van der Waals surface area (Å²) in [7, 11) is 0. The molecule has 0 bridgehead atoms. The molecular formula is C16H25N3O3. The second-order valence-corrected chi connectivity index (χ2v) is 6.13. The third-order valence-electron chi connectivity index (χ3n) is 4.70. The predicted octanol–water partition coefficient (Wildman–Crippen LogP) is 1.67. The van der Waals surface area contributed by atoms with Gasteiger partial charge in [-0.2, -0.15) is 0 Å². The molecule has 6 heteroatoms. The quantitative estimate of drug-likeness (QED) is 0.920. The summed E-state index contributed by atoms with van der Waals surface area (Å²) in [4.78, 5) is 14.1. The molecule has 0 atom stereocenters. The van der Waals surface area contributed by atoms with Gasteiger partial charge >= 0.3 is 6.03 Å². The zero-order valence-corrected chi connectivity index (χ0v) is 13.2. The van der Waals surface area contributed by atoms with Gasteiger partial charge in [-0.05, 0) is 31.9 Å². The molecule has 2 saturated heterocycles. The molecule has 1 aromatic heterocycles. The highest BCUT2D eigenvalue weighted by molar-refractivity contribution is 5.74. The molecule has 2 amide bonds. The van der Waals surface area contributed by atoms with Crippen molar-refractivity contribution in [2.45, 2.75) is 32.1 Å². The Morgan fingerprint density at radius 3 is 2.50 bits per heavy atom. The highest BCUT2D eigenvalue weighted by Gasteiger charge is 2.41. The summed E-state index contributed by atoms with van der Waals surface area (Å²) in [6, 6.07) is 4.00. The molecule has 122 valence electrons. The highest BCUT2D eigenvalue weighted by atomic mass is 16.7. The minimum absolute atomic E-state index is 0.0315. The fourth-order valence-corrected chi connectivity index (χ4v) is 3.30. The molecule has 3 rings (SSSR count). The first-order valence-corrected chi connectivity index (χ1v) is 8.09. The molecule has 6 nitrogen and oxygen atoms in total. The van der Waals surface area contributed by atoms with Crippen molar-refractivity contribution in [2.75, 3.05) is 32.8 Å². The van der Waals surface area contributed by atoms with Crippen molar-refractivity contribution in [3.05, 3.63) is 24.5 Å². The van der Waals surface area contributed by atoms with E-state index in [1.54, 1.807) is 0 Å². The number of nitrogens with one attached hydrogen (secondary N) is 1. The van der Waals surface area contributed by atoms with Crippen LogP contribution in [0.2, 0.25) is 0 Å². The highest BCUT2D eigenvalue weighted by Crippen LogP contribution is 2.34. The van der Waals surface area contributed by atoms with Crippen LogP contribution in [-0.4, -0.2) is 54.1 Å². The zero-order chi connectivity index (χ0) is 15.4. The SMILES string of the molecule is CC1(C2CCN(C(=O)NCCn3cccc3)CC2)OCCO1. The number of amides is 2. The molecule has 1 aromatic rings. The first-order valence-electron chi connectivity index (χ1n) is 8.09. The van der Waals surface area contributed by atoms with E-state index < -0.39 is 5.79 Å². The van der Waals surface area contributed by atoms with Crippen molar-refractivity contribution < 1.29 is 14.3 Å². The van der Waals surface area contributed by atoms with Gasteiger partial charge < -0.3 is 24.3 Å². The number of hydrogen-bond acceptors (Lipinski definition) is 3. The lowest BCUT2D eigenvalue weighted by molar-refractivity contribution is -0.189. The minimum atomic E-state index is -0.447. The largest absolute Gasteiger partial charge is 0.353 e. The second kappa shape index (κ2) is 6.71. The number of aromatic nitrogens is 1. The predicted molar refractivity (Wildman–Crippen MR) is 82.4 cm³/mol. The Morgan fingerprint density at radius 2 is 1.86 bits per heavy atom. The third-order valence-corrected chi connectivity index (χ3v) is 4.70. The molecule has 1 N–H and O–H groups in total. The van der Waals surface area contributed by atoms with E-state index in [0.717, 1.165) is 32.5 Å². The van der Waals surface area contributed by atoms with E-state index >= 15 is 0 Å². The van der Waals surface area contributed by atoms with E-state index in [1.165, 1.54) is 0 Å². The Labute approximate surface area is 131 Å². The van der Waals surface area contributed by atoms with E-state index in [9.17, 15) is 4.79 Å². The van der Waals surface area contributed by atoms with Crippen LogP contribution in [0.3, 0.4) is 0 Å². The summed E-state index contributed by atoms with van der Waals surface area (Å²) in [5.74, 6) is -0.0734. The Hall–Kier alpha value is -1.53. The number of nitrogens with zero attached hydrogens (tertiary/aromatic N) is 2. The van der Waals surface area contributed by atoms with Crippen LogP contribution in [0, 0.1) is 5.92 Å². The summed E-state index contributed by atoms with van der Waals surface area (Å²) < 4.78 is 13.5. The molecule has 0 aromatic carbocycles. The van der Waals surface area contributed by atoms with Crippen LogP contribution in [0.4, 0.5) is 4.79 Å². The second-order valence-electron chi connectivity index (χ2n) is 6.13. The Bertz CT molecular complexity index is 475. The molecule has 2 fully saturated rings. The number of urea groups is 1. The zero-order valence-electron chi connectivity index (χ0n) is 13.2. The fourth-order valence-electron chi connectivity index (χ4n) is 3.30. The van der Waals surface area contributed by atoms with Crippen LogP contribution in [0.5, 0.6) is 0 Å². The van der Waals surface area contributed by atoms with Gasteiger partial charge in [-0.1, -0.05) is 0 Å². The Balaban J connectivity index is 1.40. The molecule has 0 unspecified atom stereocenters.